The summed E-state index contributed by atoms with van der Waals surface area (Å²) in [6, 6.07) is 10.4. The highest BCUT2D eigenvalue weighted by Gasteiger charge is 2.14. The second-order valence-electron chi connectivity index (χ2n) is 5.28. The molecular weight excluding hydrogens is 311 g/mol. The third-order valence-corrected chi connectivity index (χ3v) is 3.66. The maximum Gasteiger partial charge on any atom is 0.261 e. The van der Waals surface area contributed by atoms with E-state index in [2.05, 4.69) is 10.3 Å². The highest BCUT2D eigenvalue weighted by Crippen LogP contribution is 2.14. The van der Waals surface area contributed by atoms with Gasteiger partial charge in [0.15, 0.2) is 5.78 Å². The van der Waals surface area contributed by atoms with Gasteiger partial charge < -0.3 is 10.3 Å². The van der Waals surface area contributed by atoms with Crippen molar-refractivity contribution < 1.29 is 14.0 Å². The summed E-state index contributed by atoms with van der Waals surface area (Å²) in [6.07, 6.45) is 1.19. The third kappa shape index (κ3) is 2.81. The Hall–Kier alpha value is -3.28. The average molecular weight is 324 g/mol. The van der Waals surface area contributed by atoms with Gasteiger partial charge in [0.2, 0.25) is 5.43 Å². The van der Waals surface area contributed by atoms with Gasteiger partial charge in [-0.15, -0.1) is 0 Å². The van der Waals surface area contributed by atoms with Gasteiger partial charge in [-0.3, -0.25) is 14.4 Å². The average Bonchev–Trinajstić information content (AvgIpc) is 2.56. The van der Waals surface area contributed by atoms with Crippen LogP contribution in [0.25, 0.3) is 10.9 Å². The molecule has 5 nitrogen and oxygen atoms in total. The topological polar surface area (TPSA) is 79.0 Å². The highest BCUT2D eigenvalue weighted by atomic mass is 19.1. The Morgan fingerprint density at radius 2 is 1.79 bits per heavy atom. The molecule has 0 atom stereocenters. The van der Waals surface area contributed by atoms with E-state index in [1.807, 2.05) is 0 Å². The molecule has 0 spiro atoms. The predicted molar refractivity (Wildman–Crippen MR) is 88.9 cm³/mol. The number of halogens is 1. The zero-order valence-electron chi connectivity index (χ0n) is 12.7. The molecule has 1 amide bonds. The van der Waals surface area contributed by atoms with Crippen molar-refractivity contribution in [3.05, 3.63) is 75.8 Å². The monoisotopic (exact) mass is 324 g/mol. The minimum Gasteiger partial charge on any atom is -0.358 e. The fourth-order valence-corrected chi connectivity index (χ4v) is 2.37. The standard InChI is InChI=1S/C18H13FN2O3/c1-10(22)11-5-7-12(8-6-11)21-18(24)14-9-20-16-13(17(14)23)3-2-4-15(16)19/h2-9H,1H3,(H,20,23)(H,21,24). The van der Waals surface area contributed by atoms with E-state index >= 15 is 0 Å². The number of ketones is 1. The van der Waals surface area contributed by atoms with Crippen LogP contribution in [0.15, 0.2) is 53.5 Å². The van der Waals surface area contributed by atoms with Crippen molar-refractivity contribution in [2.75, 3.05) is 5.32 Å². The van der Waals surface area contributed by atoms with E-state index < -0.39 is 17.2 Å². The molecule has 6 heteroatoms. The van der Waals surface area contributed by atoms with Gasteiger partial charge in [-0.1, -0.05) is 6.07 Å². The van der Waals surface area contributed by atoms with Gasteiger partial charge in [0.25, 0.3) is 5.91 Å². The molecule has 0 saturated carbocycles. The number of anilines is 1. The molecule has 0 aliphatic rings. The Balaban J connectivity index is 1.93. The number of amides is 1. The Morgan fingerprint density at radius 1 is 1.08 bits per heavy atom. The fourth-order valence-electron chi connectivity index (χ4n) is 2.37. The molecule has 0 fully saturated rings. The van der Waals surface area contributed by atoms with Crippen molar-refractivity contribution in [1.82, 2.24) is 4.98 Å². The van der Waals surface area contributed by atoms with Crippen LogP contribution in [-0.2, 0) is 0 Å². The number of nitrogens with one attached hydrogen (secondary N) is 2. The summed E-state index contributed by atoms with van der Waals surface area (Å²) in [5.41, 5.74) is 0.352. The number of pyridine rings is 1. The maximum atomic E-state index is 13.7. The Morgan fingerprint density at radius 3 is 2.46 bits per heavy atom. The van der Waals surface area contributed by atoms with Crippen LogP contribution in [0, 0.1) is 5.82 Å². The van der Waals surface area contributed by atoms with Crippen LogP contribution in [0.4, 0.5) is 10.1 Å². The van der Waals surface area contributed by atoms with Crippen LogP contribution in [0.2, 0.25) is 0 Å². The number of H-pyrrole nitrogens is 1. The van der Waals surface area contributed by atoms with E-state index in [1.54, 1.807) is 24.3 Å². The molecule has 3 rings (SSSR count). The van der Waals surface area contributed by atoms with Crippen molar-refractivity contribution in [3.8, 4) is 0 Å². The zero-order chi connectivity index (χ0) is 17.3. The van der Waals surface area contributed by atoms with E-state index in [4.69, 9.17) is 0 Å². The van der Waals surface area contributed by atoms with Crippen molar-refractivity contribution in [2.24, 2.45) is 0 Å². The molecule has 0 saturated heterocycles. The highest BCUT2D eigenvalue weighted by molar-refractivity contribution is 6.06. The summed E-state index contributed by atoms with van der Waals surface area (Å²) < 4.78 is 13.7. The summed E-state index contributed by atoms with van der Waals surface area (Å²) >= 11 is 0. The van der Waals surface area contributed by atoms with Crippen LogP contribution in [0.5, 0.6) is 0 Å². The molecule has 1 heterocycles. The van der Waals surface area contributed by atoms with Crippen molar-refractivity contribution in [1.29, 1.82) is 0 Å². The second kappa shape index (κ2) is 6.08. The minimum atomic E-state index is -0.613. The van der Waals surface area contributed by atoms with Crippen LogP contribution in [-0.4, -0.2) is 16.7 Å². The first-order valence-corrected chi connectivity index (χ1v) is 7.19. The van der Waals surface area contributed by atoms with Crippen LogP contribution in [0.1, 0.15) is 27.6 Å². The molecule has 0 aliphatic heterocycles. The number of hydrogen-bond donors (Lipinski definition) is 2. The lowest BCUT2D eigenvalue weighted by Crippen LogP contribution is -2.22. The predicted octanol–water partition coefficient (Wildman–Crippen LogP) is 3.12. The lowest BCUT2D eigenvalue weighted by atomic mass is 10.1. The molecule has 120 valence electrons. The third-order valence-electron chi connectivity index (χ3n) is 3.66. The molecule has 0 aliphatic carbocycles. The molecule has 3 aromatic rings. The summed E-state index contributed by atoms with van der Waals surface area (Å²) in [4.78, 5) is 38.5. The number of fused-ring (bicyclic) bond motifs is 1. The van der Waals surface area contributed by atoms with E-state index in [0.717, 1.165) is 0 Å². The lowest BCUT2D eigenvalue weighted by Gasteiger charge is -2.07. The minimum absolute atomic E-state index is 0.0601. The van der Waals surface area contributed by atoms with Gasteiger partial charge in [0.05, 0.1) is 5.52 Å². The number of para-hydroxylation sites is 1. The van der Waals surface area contributed by atoms with Gasteiger partial charge in [-0.2, -0.15) is 0 Å². The van der Waals surface area contributed by atoms with E-state index in [9.17, 15) is 18.8 Å². The van der Waals surface area contributed by atoms with E-state index in [0.29, 0.717) is 11.3 Å². The summed E-state index contributed by atoms with van der Waals surface area (Å²) in [5, 5.41) is 2.69. The smallest absolute Gasteiger partial charge is 0.261 e. The van der Waals surface area contributed by atoms with Crippen LogP contribution >= 0.6 is 0 Å². The van der Waals surface area contributed by atoms with Crippen molar-refractivity contribution in [2.45, 2.75) is 6.92 Å². The molecule has 1 aromatic heterocycles. The summed E-state index contributed by atoms with van der Waals surface area (Å²) in [7, 11) is 0. The largest absolute Gasteiger partial charge is 0.358 e. The van der Waals surface area contributed by atoms with Crippen LogP contribution < -0.4 is 10.7 Å². The van der Waals surface area contributed by atoms with E-state index in [1.165, 1.54) is 31.3 Å². The maximum absolute atomic E-state index is 13.7. The first-order chi connectivity index (χ1) is 11.5. The molecule has 0 radical (unpaired) electrons. The number of benzene rings is 2. The van der Waals surface area contributed by atoms with Crippen molar-refractivity contribution in [3.63, 3.8) is 0 Å². The fraction of sp³-hybridized carbons (Fsp3) is 0.0556. The molecule has 0 unspecified atom stereocenters. The quantitative estimate of drug-likeness (QED) is 0.727. The van der Waals surface area contributed by atoms with Crippen molar-refractivity contribution >= 4 is 28.3 Å². The van der Waals surface area contributed by atoms with Gasteiger partial charge in [0, 0.05) is 22.8 Å². The molecule has 2 N–H and O–H groups in total. The number of hydrogen-bond acceptors (Lipinski definition) is 3. The second-order valence-corrected chi connectivity index (χ2v) is 5.28. The lowest BCUT2D eigenvalue weighted by molar-refractivity contribution is 0.101. The first-order valence-electron chi connectivity index (χ1n) is 7.19. The zero-order valence-corrected chi connectivity index (χ0v) is 12.7. The molecule has 24 heavy (non-hydrogen) atoms. The number of carbonyl (C=O) groups excluding carboxylic acids is 2. The summed E-state index contributed by atoms with van der Waals surface area (Å²) in [6.45, 7) is 1.45. The molecule has 2 aromatic carbocycles. The Kier molecular flexibility index (Phi) is 3.95. The number of aromatic amines is 1. The number of aromatic nitrogens is 1. The Labute approximate surface area is 136 Å². The molecule has 0 bridgehead atoms. The van der Waals surface area contributed by atoms with Gasteiger partial charge in [-0.25, -0.2) is 4.39 Å². The SMILES string of the molecule is CC(=O)c1ccc(NC(=O)c2c[nH]c3c(F)cccc3c2=O)cc1. The normalized spacial score (nSPS) is 10.6. The summed E-state index contributed by atoms with van der Waals surface area (Å²) in [5.74, 6) is -1.25. The molecular formula is C18H13FN2O3. The Bertz CT molecular complexity index is 1010. The van der Waals surface area contributed by atoms with Gasteiger partial charge in [-0.05, 0) is 43.3 Å². The van der Waals surface area contributed by atoms with Gasteiger partial charge in [0.1, 0.15) is 11.4 Å². The number of carbonyl (C=O) groups is 2. The number of Topliss-reactive ketones (excluding diaryl/α,β-unsaturated/α-hetero) is 1. The van der Waals surface area contributed by atoms with Crippen LogP contribution in [0.3, 0.4) is 0 Å². The number of rotatable bonds is 3. The van der Waals surface area contributed by atoms with E-state index in [-0.39, 0.29) is 22.2 Å². The first kappa shape index (κ1) is 15.6. The van der Waals surface area contributed by atoms with Gasteiger partial charge >= 0.3 is 0 Å².